The fraction of sp³-hybridized carbons (Fsp3) is 0.406. The van der Waals surface area contributed by atoms with Crippen LogP contribution in [0, 0.1) is 0 Å². The van der Waals surface area contributed by atoms with Gasteiger partial charge in [-0.05, 0) is 94.8 Å². The molecule has 8 nitrogen and oxygen atoms in total. The summed E-state index contributed by atoms with van der Waals surface area (Å²) in [5.41, 5.74) is 5.19. The maximum atomic E-state index is 13.7. The smallest absolute Gasteiger partial charge is 0.260 e. The predicted octanol–water partition coefficient (Wildman–Crippen LogP) is 5.44. The van der Waals surface area contributed by atoms with Crippen molar-refractivity contribution in [3.05, 3.63) is 75.7 Å². The molecule has 0 atom stereocenters. The van der Waals surface area contributed by atoms with Gasteiger partial charge < -0.3 is 20.0 Å². The Morgan fingerprint density at radius 2 is 1.61 bits per heavy atom. The lowest BCUT2D eigenvalue weighted by atomic mass is 9.88. The molecule has 0 spiro atoms. The summed E-state index contributed by atoms with van der Waals surface area (Å²) in [6.45, 7) is 8.84. The number of rotatable bonds is 6. The highest BCUT2D eigenvalue weighted by Crippen LogP contribution is 2.34. The summed E-state index contributed by atoms with van der Waals surface area (Å²) in [4.78, 5) is 30.1. The number of pyridine rings is 1. The van der Waals surface area contributed by atoms with Crippen molar-refractivity contribution < 1.29 is 0 Å². The normalized spacial score (nSPS) is 17.3. The zero-order valence-corrected chi connectivity index (χ0v) is 24.9. The third-order valence-electron chi connectivity index (χ3n) is 8.61. The van der Waals surface area contributed by atoms with E-state index in [4.69, 9.17) is 16.6 Å². The van der Waals surface area contributed by atoms with Gasteiger partial charge in [-0.2, -0.15) is 4.98 Å². The van der Waals surface area contributed by atoms with Crippen LogP contribution in [0.15, 0.2) is 59.5 Å². The van der Waals surface area contributed by atoms with Crippen molar-refractivity contribution in [2.24, 2.45) is 0 Å². The SMILES string of the molecule is CCn1c(=O)c(-c2ccc(C3CCN(C)CC3)cc2Cl)cc2cnc(Nc3ccc(N4CCN(C)CC4)cc3)nc21. The average molecular weight is 572 g/mol. The predicted molar refractivity (Wildman–Crippen MR) is 169 cm³/mol. The molecule has 0 radical (unpaired) electrons. The third-order valence-corrected chi connectivity index (χ3v) is 8.92. The van der Waals surface area contributed by atoms with Gasteiger partial charge in [0.15, 0.2) is 0 Å². The third kappa shape index (κ3) is 5.82. The summed E-state index contributed by atoms with van der Waals surface area (Å²) in [6, 6.07) is 16.4. The second-order valence-corrected chi connectivity index (χ2v) is 11.8. The zero-order valence-electron chi connectivity index (χ0n) is 24.1. The summed E-state index contributed by atoms with van der Waals surface area (Å²) in [5, 5.41) is 4.72. The fourth-order valence-corrected chi connectivity index (χ4v) is 6.29. The number of aromatic nitrogens is 3. The van der Waals surface area contributed by atoms with Crippen molar-refractivity contribution in [3.8, 4) is 11.1 Å². The zero-order chi connectivity index (χ0) is 28.5. The van der Waals surface area contributed by atoms with E-state index < -0.39 is 0 Å². The van der Waals surface area contributed by atoms with Crippen LogP contribution >= 0.6 is 11.6 Å². The molecule has 2 aliphatic rings. The molecule has 0 aliphatic carbocycles. The van der Waals surface area contributed by atoms with Crippen LogP contribution in [0.1, 0.15) is 31.2 Å². The number of piperazine rings is 1. The number of fused-ring (bicyclic) bond motifs is 1. The van der Waals surface area contributed by atoms with E-state index in [0.717, 1.165) is 68.7 Å². The number of aryl methyl sites for hydroxylation is 1. The van der Waals surface area contributed by atoms with Gasteiger partial charge in [0.2, 0.25) is 5.95 Å². The second-order valence-electron chi connectivity index (χ2n) is 11.4. The van der Waals surface area contributed by atoms with Crippen molar-refractivity contribution >= 4 is 40.0 Å². The topological polar surface area (TPSA) is 69.5 Å². The lowest BCUT2D eigenvalue weighted by Crippen LogP contribution is -2.44. The molecule has 2 fully saturated rings. The summed E-state index contributed by atoms with van der Waals surface area (Å²) in [7, 11) is 4.33. The van der Waals surface area contributed by atoms with Gasteiger partial charge in [0.25, 0.3) is 5.56 Å². The summed E-state index contributed by atoms with van der Waals surface area (Å²) in [5.74, 6) is 0.962. The Balaban J connectivity index is 1.25. The molecule has 4 aromatic rings. The van der Waals surface area contributed by atoms with Gasteiger partial charge >= 0.3 is 0 Å². The highest BCUT2D eigenvalue weighted by molar-refractivity contribution is 6.33. The molecule has 0 amide bonds. The number of halogens is 1. The number of hydrogen-bond donors (Lipinski definition) is 1. The summed E-state index contributed by atoms with van der Waals surface area (Å²) in [6.07, 6.45) is 4.02. The maximum absolute atomic E-state index is 13.7. The molecule has 2 saturated heterocycles. The monoisotopic (exact) mass is 571 g/mol. The molecule has 0 bridgehead atoms. The van der Waals surface area contributed by atoms with Crippen LogP contribution in [0.3, 0.4) is 0 Å². The first-order valence-corrected chi connectivity index (χ1v) is 15.0. The van der Waals surface area contributed by atoms with Crippen LogP contribution < -0.4 is 15.8 Å². The Morgan fingerprint density at radius 3 is 2.29 bits per heavy atom. The Morgan fingerprint density at radius 1 is 0.902 bits per heavy atom. The number of nitrogens with zero attached hydrogens (tertiary/aromatic N) is 6. The van der Waals surface area contributed by atoms with Crippen LogP contribution in [-0.4, -0.2) is 77.7 Å². The number of benzene rings is 2. The van der Waals surface area contributed by atoms with Gasteiger partial charge in [-0.3, -0.25) is 9.36 Å². The molecule has 6 rings (SSSR count). The minimum absolute atomic E-state index is 0.102. The van der Waals surface area contributed by atoms with Crippen LogP contribution in [0.2, 0.25) is 5.02 Å². The quantitative estimate of drug-likeness (QED) is 0.331. The van der Waals surface area contributed by atoms with E-state index in [-0.39, 0.29) is 5.56 Å². The van der Waals surface area contributed by atoms with E-state index in [1.165, 1.54) is 11.3 Å². The molecule has 0 unspecified atom stereocenters. The van der Waals surface area contributed by atoms with Crippen LogP contribution in [-0.2, 0) is 6.54 Å². The van der Waals surface area contributed by atoms with Crippen LogP contribution in [0.4, 0.5) is 17.3 Å². The fourth-order valence-electron chi connectivity index (χ4n) is 6.00. The van der Waals surface area contributed by atoms with E-state index in [2.05, 4.69) is 69.4 Å². The Hall–Kier alpha value is -3.46. The molecule has 41 heavy (non-hydrogen) atoms. The standard InChI is InChI=1S/C32H38ClN7O/c1-4-40-30-24(19-28(31(40)41)27-10-5-23(20-29(27)33)22-11-13-37(2)14-12-22)21-34-32(36-30)35-25-6-8-26(9-7-25)39-17-15-38(3)16-18-39/h5-10,19-22H,4,11-18H2,1-3H3,(H,34,35,36). The summed E-state index contributed by atoms with van der Waals surface area (Å²) < 4.78 is 1.70. The van der Waals surface area contributed by atoms with Crippen molar-refractivity contribution in [3.63, 3.8) is 0 Å². The van der Waals surface area contributed by atoms with E-state index in [1.807, 2.05) is 25.1 Å². The first-order valence-electron chi connectivity index (χ1n) is 14.6. The molecular weight excluding hydrogens is 534 g/mol. The maximum Gasteiger partial charge on any atom is 0.260 e. The average Bonchev–Trinajstić information content (AvgIpc) is 2.98. The largest absolute Gasteiger partial charge is 0.369 e. The second kappa shape index (κ2) is 11.8. The first-order chi connectivity index (χ1) is 19.9. The number of hydrogen-bond acceptors (Lipinski definition) is 7. The molecule has 1 N–H and O–H groups in total. The lowest BCUT2D eigenvalue weighted by molar-refractivity contribution is 0.255. The highest BCUT2D eigenvalue weighted by Gasteiger charge is 2.21. The molecule has 2 aliphatic heterocycles. The van der Waals surface area contributed by atoms with Gasteiger partial charge in [-0.25, -0.2) is 4.98 Å². The summed E-state index contributed by atoms with van der Waals surface area (Å²) >= 11 is 6.81. The van der Waals surface area contributed by atoms with E-state index in [9.17, 15) is 4.79 Å². The van der Waals surface area contributed by atoms with Gasteiger partial charge in [0.05, 0.1) is 0 Å². The van der Waals surface area contributed by atoms with Gasteiger partial charge in [-0.1, -0.05) is 23.7 Å². The molecule has 0 saturated carbocycles. The number of likely N-dealkylation sites (tertiary alicyclic amines) is 1. The molecule has 214 valence electrons. The number of nitrogens with one attached hydrogen (secondary N) is 1. The van der Waals surface area contributed by atoms with Gasteiger partial charge in [-0.15, -0.1) is 0 Å². The number of piperidine rings is 1. The first kappa shape index (κ1) is 27.7. The van der Waals surface area contributed by atoms with E-state index in [1.54, 1.807) is 10.8 Å². The number of anilines is 3. The Bertz CT molecular complexity index is 1590. The van der Waals surface area contributed by atoms with Crippen molar-refractivity contribution in [1.29, 1.82) is 0 Å². The molecule has 2 aromatic heterocycles. The highest BCUT2D eigenvalue weighted by atomic mass is 35.5. The van der Waals surface area contributed by atoms with Crippen LogP contribution in [0.5, 0.6) is 0 Å². The Labute approximate surface area is 246 Å². The minimum atomic E-state index is -0.102. The van der Waals surface area contributed by atoms with Crippen molar-refractivity contribution in [1.82, 2.24) is 24.3 Å². The molecule has 4 heterocycles. The molecule has 9 heteroatoms. The molecular formula is C32H38ClN7O. The van der Waals surface area contributed by atoms with E-state index >= 15 is 0 Å². The Kier molecular flexibility index (Phi) is 7.97. The molecule has 2 aromatic carbocycles. The van der Waals surface area contributed by atoms with E-state index in [0.29, 0.717) is 34.6 Å². The van der Waals surface area contributed by atoms with Gasteiger partial charge in [0.1, 0.15) is 5.65 Å². The number of likely N-dealkylation sites (N-methyl/N-ethyl adjacent to an activating group) is 1. The van der Waals surface area contributed by atoms with Crippen LogP contribution in [0.25, 0.3) is 22.2 Å². The minimum Gasteiger partial charge on any atom is -0.369 e. The van der Waals surface area contributed by atoms with Crippen molar-refractivity contribution in [2.75, 3.05) is 63.6 Å². The van der Waals surface area contributed by atoms with Gasteiger partial charge in [0, 0.05) is 71.8 Å². The van der Waals surface area contributed by atoms with Crippen molar-refractivity contribution in [2.45, 2.75) is 32.2 Å². The lowest BCUT2D eigenvalue weighted by Gasteiger charge is -2.34.